The van der Waals surface area contributed by atoms with Crippen LogP contribution in [0.4, 0.5) is 0 Å². The van der Waals surface area contributed by atoms with Crippen LogP contribution in [-0.4, -0.2) is 97.9 Å². The Morgan fingerprint density at radius 2 is 1.62 bits per heavy atom. The van der Waals surface area contributed by atoms with Crippen LogP contribution in [0.25, 0.3) is 0 Å². The quantitative estimate of drug-likeness (QED) is 0.661. The zero-order valence-corrected chi connectivity index (χ0v) is 14.0. The molecule has 122 valence electrons. The van der Waals surface area contributed by atoms with Crippen molar-refractivity contribution in [1.29, 1.82) is 0 Å². The molecular weight excluding hydrogens is 268 g/mol. The van der Waals surface area contributed by atoms with E-state index >= 15 is 0 Å². The first-order chi connectivity index (χ1) is 9.93. The van der Waals surface area contributed by atoms with Crippen LogP contribution >= 0.6 is 0 Å². The number of hydrogen-bond donors (Lipinski definition) is 0. The van der Waals surface area contributed by atoms with Crippen molar-refractivity contribution in [3.05, 3.63) is 0 Å². The summed E-state index contributed by atoms with van der Waals surface area (Å²) < 4.78 is 0. The number of hydrogen-bond acceptors (Lipinski definition) is 4. The molecule has 1 aliphatic rings. The van der Waals surface area contributed by atoms with Crippen molar-refractivity contribution in [2.24, 2.45) is 0 Å². The average Bonchev–Trinajstić information content (AvgIpc) is 2.46. The molecule has 2 amide bonds. The Kier molecular flexibility index (Phi) is 7.67. The molecule has 0 aromatic rings. The highest BCUT2D eigenvalue weighted by Crippen LogP contribution is 2.04. The van der Waals surface area contributed by atoms with E-state index < -0.39 is 0 Å². The van der Waals surface area contributed by atoms with E-state index in [-0.39, 0.29) is 11.8 Å². The van der Waals surface area contributed by atoms with Crippen LogP contribution in [0.15, 0.2) is 0 Å². The number of carbonyl (C=O) groups excluding carboxylic acids is 2. The summed E-state index contributed by atoms with van der Waals surface area (Å²) in [7, 11) is 3.97. The summed E-state index contributed by atoms with van der Waals surface area (Å²) in [6, 6.07) is 0. The van der Waals surface area contributed by atoms with Crippen LogP contribution in [0.3, 0.4) is 0 Å². The number of amides is 2. The van der Waals surface area contributed by atoms with Crippen LogP contribution in [0.1, 0.15) is 20.3 Å². The normalized spacial score (nSPS) is 16.3. The van der Waals surface area contributed by atoms with Crippen LogP contribution < -0.4 is 0 Å². The second kappa shape index (κ2) is 9.00. The third kappa shape index (κ3) is 6.44. The Bertz CT molecular complexity index is 339. The second-order valence-electron chi connectivity index (χ2n) is 5.87. The maximum Gasteiger partial charge on any atom is 0.224 e. The van der Waals surface area contributed by atoms with E-state index in [1.807, 2.05) is 23.9 Å². The highest BCUT2D eigenvalue weighted by Gasteiger charge is 2.21. The maximum atomic E-state index is 12.2. The minimum Gasteiger partial charge on any atom is -0.341 e. The first-order valence-corrected chi connectivity index (χ1v) is 7.84. The highest BCUT2D eigenvalue weighted by molar-refractivity contribution is 5.78. The number of likely N-dealkylation sites (N-methyl/N-ethyl adjacent to an activating group) is 2. The van der Waals surface area contributed by atoms with Crippen molar-refractivity contribution in [2.75, 3.05) is 66.5 Å². The van der Waals surface area contributed by atoms with Gasteiger partial charge in [0.15, 0.2) is 0 Å². The van der Waals surface area contributed by atoms with E-state index in [0.717, 1.165) is 39.3 Å². The Labute approximate surface area is 128 Å². The van der Waals surface area contributed by atoms with Gasteiger partial charge in [0.05, 0.1) is 0 Å². The molecule has 0 spiro atoms. The van der Waals surface area contributed by atoms with Crippen molar-refractivity contribution in [2.45, 2.75) is 20.3 Å². The minimum absolute atomic E-state index is 0.0421. The zero-order chi connectivity index (χ0) is 15.8. The Balaban J connectivity index is 2.34. The molecule has 0 atom stereocenters. The van der Waals surface area contributed by atoms with E-state index in [4.69, 9.17) is 0 Å². The molecule has 1 aliphatic heterocycles. The fraction of sp³-hybridized carbons (Fsp3) is 0.867. The van der Waals surface area contributed by atoms with Gasteiger partial charge in [0.25, 0.3) is 0 Å². The zero-order valence-electron chi connectivity index (χ0n) is 14.0. The summed E-state index contributed by atoms with van der Waals surface area (Å²) in [6.45, 7) is 10.3. The molecule has 6 heteroatoms. The Morgan fingerprint density at radius 1 is 1.00 bits per heavy atom. The number of rotatable bonds is 7. The molecule has 0 aliphatic carbocycles. The van der Waals surface area contributed by atoms with Crippen LogP contribution in [0, 0.1) is 0 Å². The first kappa shape index (κ1) is 17.9. The van der Waals surface area contributed by atoms with Gasteiger partial charge in [0.1, 0.15) is 0 Å². The third-order valence-electron chi connectivity index (χ3n) is 4.03. The molecule has 0 saturated carbocycles. The van der Waals surface area contributed by atoms with Gasteiger partial charge in [-0.3, -0.25) is 9.59 Å². The lowest BCUT2D eigenvalue weighted by Gasteiger charge is -2.34. The molecule has 0 unspecified atom stereocenters. The molecule has 0 radical (unpaired) electrons. The number of nitrogens with zero attached hydrogens (tertiary/aromatic N) is 4. The maximum absolute atomic E-state index is 12.2. The van der Waals surface area contributed by atoms with E-state index in [2.05, 4.69) is 11.8 Å². The van der Waals surface area contributed by atoms with E-state index in [0.29, 0.717) is 19.5 Å². The van der Waals surface area contributed by atoms with E-state index in [1.54, 1.807) is 11.8 Å². The van der Waals surface area contributed by atoms with Gasteiger partial charge in [0.2, 0.25) is 11.8 Å². The Hall–Kier alpha value is -1.14. The molecule has 6 nitrogen and oxygen atoms in total. The van der Waals surface area contributed by atoms with Crippen LogP contribution in [0.2, 0.25) is 0 Å². The molecule has 1 fully saturated rings. The molecule has 0 aromatic carbocycles. The van der Waals surface area contributed by atoms with Crippen molar-refractivity contribution < 1.29 is 9.59 Å². The predicted molar refractivity (Wildman–Crippen MR) is 84.1 cm³/mol. The standard InChI is InChI=1S/C15H30N4O2/c1-5-17-9-12-19(13-10-17)15(21)6-7-18(14(2)20)11-8-16(3)4/h5-13H2,1-4H3. The highest BCUT2D eigenvalue weighted by atomic mass is 16.2. The summed E-state index contributed by atoms with van der Waals surface area (Å²) in [5.74, 6) is 0.210. The van der Waals surface area contributed by atoms with Gasteiger partial charge in [-0.15, -0.1) is 0 Å². The molecule has 0 aromatic heterocycles. The topological polar surface area (TPSA) is 47.1 Å². The third-order valence-corrected chi connectivity index (χ3v) is 4.03. The van der Waals surface area contributed by atoms with Gasteiger partial charge in [-0.2, -0.15) is 0 Å². The minimum atomic E-state index is 0.0421. The van der Waals surface area contributed by atoms with E-state index in [9.17, 15) is 9.59 Å². The summed E-state index contributed by atoms with van der Waals surface area (Å²) in [6.07, 6.45) is 0.430. The van der Waals surface area contributed by atoms with Gasteiger partial charge >= 0.3 is 0 Å². The van der Waals surface area contributed by atoms with Gasteiger partial charge < -0.3 is 19.6 Å². The van der Waals surface area contributed by atoms with Crippen molar-refractivity contribution >= 4 is 11.8 Å². The largest absolute Gasteiger partial charge is 0.341 e. The molecular formula is C15H30N4O2. The lowest BCUT2D eigenvalue weighted by atomic mass is 10.2. The van der Waals surface area contributed by atoms with E-state index in [1.165, 1.54) is 0 Å². The summed E-state index contributed by atoms with van der Waals surface area (Å²) >= 11 is 0. The molecule has 1 rings (SSSR count). The van der Waals surface area contributed by atoms with Crippen LogP contribution in [-0.2, 0) is 9.59 Å². The monoisotopic (exact) mass is 298 g/mol. The van der Waals surface area contributed by atoms with Crippen molar-refractivity contribution in [3.8, 4) is 0 Å². The smallest absolute Gasteiger partial charge is 0.224 e. The SMILES string of the molecule is CCN1CCN(C(=O)CCN(CCN(C)C)C(C)=O)CC1. The number of carbonyl (C=O) groups is 2. The summed E-state index contributed by atoms with van der Waals surface area (Å²) in [4.78, 5) is 31.9. The van der Waals surface area contributed by atoms with Gasteiger partial charge in [0, 0.05) is 59.2 Å². The molecule has 0 N–H and O–H groups in total. The number of piperazine rings is 1. The van der Waals surface area contributed by atoms with Crippen molar-refractivity contribution in [1.82, 2.24) is 19.6 Å². The lowest BCUT2D eigenvalue weighted by Crippen LogP contribution is -2.49. The summed E-state index contributed by atoms with van der Waals surface area (Å²) in [5, 5.41) is 0. The first-order valence-electron chi connectivity index (χ1n) is 7.84. The molecule has 21 heavy (non-hydrogen) atoms. The average molecular weight is 298 g/mol. The second-order valence-corrected chi connectivity index (χ2v) is 5.87. The molecule has 1 heterocycles. The fourth-order valence-electron chi connectivity index (χ4n) is 2.45. The van der Waals surface area contributed by atoms with Crippen molar-refractivity contribution in [3.63, 3.8) is 0 Å². The Morgan fingerprint density at radius 3 is 2.10 bits per heavy atom. The lowest BCUT2D eigenvalue weighted by molar-refractivity contribution is -0.134. The van der Waals surface area contributed by atoms with Gasteiger partial charge in [-0.25, -0.2) is 0 Å². The fourth-order valence-corrected chi connectivity index (χ4v) is 2.45. The van der Waals surface area contributed by atoms with Gasteiger partial charge in [-0.1, -0.05) is 6.92 Å². The van der Waals surface area contributed by atoms with Crippen LogP contribution in [0.5, 0.6) is 0 Å². The van der Waals surface area contributed by atoms with Gasteiger partial charge in [-0.05, 0) is 20.6 Å². The summed E-state index contributed by atoms with van der Waals surface area (Å²) in [5.41, 5.74) is 0. The predicted octanol–water partition coefficient (Wildman–Crippen LogP) is -0.0493. The molecule has 1 saturated heterocycles. The molecule has 0 bridgehead atoms.